The summed E-state index contributed by atoms with van der Waals surface area (Å²) in [5, 5.41) is 13.5. The number of hydrogen-bond donors (Lipinski definition) is 2. The van der Waals surface area contributed by atoms with Crippen molar-refractivity contribution < 1.29 is 19.4 Å². The molecule has 2 aromatic rings. The van der Waals surface area contributed by atoms with Gasteiger partial charge in [-0.2, -0.15) is 0 Å². The lowest BCUT2D eigenvalue weighted by atomic mass is 10.00. The number of nitrogens with one attached hydrogen (secondary N) is 1. The van der Waals surface area contributed by atoms with Crippen molar-refractivity contribution in [2.75, 3.05) is 63.3 Å². The average Bonchev–Trinajstić information content (AvgIpc) is 3.17. The van der Waals surface area contributed by atoms with Crippen molar-refractivity contribution >= 4 is 23.2 Å². The zero-order valence-corrected chi connectivity index (χ0v) is 17.5. The van der Waals surface area contributed by atoms with Gasteiger partial charge in [-0.1, -0.05) is 18.2 Å². The predicted molar refractivity (Wildman–Crippen MR) is 117 cm³/mol. The van der Waals surface area contributed by atoms with Gasteiger partial charge in [0.2, 0.25) is 0 Å². The molecule has 8 heteroatoms. The number of anilines is 2. The summed E-state index contributed by atoms with van der Waals surface area (Å²) >= 11 is 0. The first-order valence-electron chi connectivity index (χ1n) is 10.5. The lowest BCUT2D eigenvalue weighted by Gasteiger charge is -2.42. The first-order chi connectivity index (χ1) is 14.9. The number of piperazine rings is 1. The van der Waals surface area contributed by atoms with Gasteiger partial charge < -0.3 is 29.9 Å². The maximum Gasteiger partial charge on any atom is 0.259 e. The third-order valence-corrected chi connectivity index (χ3v) is 6.31. The molecule has 3 heterocycles. The number of carbonyl (C=O) groups excluding carboxylic acids is 2. The maximum absolute atomic E-state index is 12.9. The Balaban J connectivity index is 1.22. The van der Waals surface area contributed by atoms with E-state index in [1.165, 1.54) is 5.69 Å². The van der Waals surface area contributed by atoms with E-state index in [0.29, 0.717) is 31.7 Å². The molecule has 2 N–H and O–H groups in total. The van der Waals surface area contributed by atoms with Gasteiger partial charge in [0.1, 0.15) is 0 Å². The van der Waals surface area contributed by atoms with Crippen LogP contribution in [0.15, 0.2) is 42.5 Å². The van der Waals surface area contributed by atoms with Crippen molar-refractivity contribution in [1.29, 1.82) is 0 Å². The van der Waals surface area contributed by atoms with Gasteiger partial charge >= 0.3 is 0 Å². The molecule has 3 aliphatic heterocycles. The number of amides is 2. The van der Waals surface area contributed by atoms with Crippen molar-refractivity contribution in [3.63, 3.8) is 0 Å². The van der Waals surface area contributed by atoms with Crippen molar-refractivity contribution in [2.24, 2.45) is 0 Å². The number of carbonyl (C=O) groups is 2. The van der Waals surface area contributed by atoms with E-state index in [-0.39, 0.29) is 25.0 Å². The highest BCUT2D eigenvalue weighted by molar-refractivity contribution is 5.95. The Hall–Kier alpha value is -3.10. The van der Waals surface area contributed by atoms with Gasteiger partial charge in [0.05, 0.1) is 31.3 Å². The number of aliphatic hydroxyl groups is 1. The average molecular weight is 422 g/mol. The van der Waals surface area contributed by atoms with E-state index < -0.39 is 5.60 Å². The number of hydrogen-bond acceptors (Lipinski definition) is 6. The smallest absolute Gasteiger partial charge is 0.259 e. The highest BCUT2D eigenvalue weighted by Crippen LogP contribution is 2.34. The van der Waals surface area contributed by atoms with Gasteiger partial charge in [0.25, 0.3) is 11.8 Å². The van der Waals surface area contributed by atoms with Crippen LogP contribution in [0.4, 0.5) is 11.4 Å². The molecule has 5 rings (SSSR count). The molecule has 0 atom stereocenters. The molecule has 2 saturated heterocycles. The summed E-state index contributed by atoms with van der Waals surface area (Å²) in [6.07, 6.45) is 0. The van der Waals surface area contributed by atoms with Gasteiger partial charge in [0.15, 0.2) is 5.60 Å². The highest BCUT2D eigenvalue weighted by atomic mass is 16.5. The molecule has 31 heavy (non-hydrogen) atoms. The Bertz CT molecular complexity index is 1010. The second-order valence-electron chi connectivity index (χ2n) is 8.45. The minimum absolute atomic E-state index is 0.0402. The van der Waals surface area contributed by atoms with E-state index in [0.717, 1.165) is 23.5 Å². The lowest BCUT2D eigenvalue weighted by Crippen LogP contribution is -2.64. The molecule has 2 aromatic carbocycles. The van der Waals surface area contributed by atoms with Gasteiger partial charge in [0, 0.05) is 38.8 Å². The SMILES string of the molecule is CN1CNc2cc(-c3ccc(C(=O)N4CCN(C(=O)C5(O)COC5)CC4)cc3)ccc21. The van der Waals surface area contributed by atoms with Gasteiger partial charge in [-0.25, -0.2) is 0 Å². The zero-order valence-electron chi connectivity index (χ0n) is 17.5. The molecule has 2 fully saturated rings. The molecule has 3 aliphatic rings. The van der Waals surface area contributed by atoms with Crippen LogP contribution in [0.1, 0.15) is 10.4 Å². The maximum atomic E-state index is 12.9. The summed E-state index contributed by atoms with van der Waals surface area (Å²) < 4.78 is 4.97. The van der Waals surface area contributed by atoms with Crippen LogP contribution in [0.5, 0.6) is 0 Å². The largest absolute Gasteiger partial charge is 0.376 e. The monoisotopic (exact) mass is 422 g/mol. The number of fused-ring (bicyclic) bond motifs is 1. The van der Waals surface area contributed by atoms with Crippen LogP contribution in [0.2, 0.25) is 0 Å². The Labute approximate surface area is 181 Å². The molecule has 0 unspecified atom stereocenters. The predicted octanol–water partition coefficient (Wildman–Crippen LogP) is 1.22. The fourth-order valence-corrected chi connectivity index (χ4v) is 4.29. The molecule has 2 amide bonds. The van der Waals surface area contributed by atoms with Crippen molar-refractivity contribution in [3.05, 3.63) is 48.0 Å². The number of ether oxygens (including phenoxy) is 1. The molecule has 0 aliphatic carbocycles. The van der Waals surface area contributed by atoms with Gasteiger partial charge in [-0.05, 0) is 35.4 Å². The summed E-state index contributed by atoms with van der Waals surface area (Å²) in [7, 11) is 2.05. The quantitative estimate of drug-likeness (QED) is 0.774. The molecular formula is C23H26N4O4. The summed E-state index contributed by atoms with van der Waals surface area (Å²) in [6, 6.07) is 14.0. The van der Waals surface area contributed by atoms with Crippen molar-refractivity contribution in [1.82, 2.24) is 9.80 Å². The summed E-state index contributed by atoms with van der Waals surface area (Å²) in [6.45, 7) is 2.64. The van der Waals surface area contributed by atoms with E-state index >= 15 is 0 Å². The molecule has 8 nitrogen and oxygen atoms in total. The van der Waals surface area contributed by atoms with E-state index in [9.17, 15) is 14.7 Å². The standard InChI is InChI=1S/C23H26N4O4/c1-25-15-24-19-12-18(6-7-20(19)25)16-2-4-17(5-3-16)21(28)26-8-10-27(11-9-26)22(29)23(30)13-31-14-23/h2-7,12,24,30H,8-11,13-15H2,1H3. The lowest BCUT2D eigenvalue weighted by molar-refractivity contribution is -0.201. The zero-order chi connectivity index (χ0) is 21.6. The molecule has 162 valence electrons. The van der Waals surface area contributed by atoms with Crippen LogP contribution >= 0.6 is 0 Å². The van der Waals surface area contributed by atoms with Crippen LogP contribution in [0, 0.1) is 0 Å². The Morgan fingerprint density at radius 3 is 2.26 bits per heavy atom. The first kappa shape index (κ1) is 19.8. The highest BCUT2D eigenvalue weighted by Gasteiger charge is 2.46. The normalized spacial score (nSPS) is 19.5. The number of nitrogens with zero attached hydrogens (tertiary/aromatic N) is 3. The third kappa shape index (κ3) is 3.51. The van der Waals surface area contributed by atoms with Gasteiger partial charge in [-0.15, -0.1) is 0 Å². The van der Waals surface area contributed by atoms with Crippen molar-refractivity contribution in [2.45, 2.75) is 5.60 Å². The Morgan fingerprint density at radius 1 is 0.968 bits per heavy atom. The molecule has 0 radical (unpaired) electrons. The van der Waals surface area contributed by atoms with Gasteiger partial charge in [-0.3, -0.25) is 9.59 Å². The van der Waals surface area contributed by atoms with Crippen molar-refractivity contribution in [3.8, 4) is 11.1 Å². The van der Waals surface area contributed by atoms with Crippen LogP contribution in [0.3, 0.4) is 0 Å². The third-order valence-electron chi connectivity index (χ3n) is 6.31. The number of rotatable bonds is 3. The first-order valence-corrected chi connectivity index (χ1v) is 10.5. The second-order valence-corrected chi connectivity index (χ2v) is 8.45. The Kier molecular flexibility index (Phi) is 4.83. The summed E-state index contributed by atoms with van der Waals surface area (Å²) in [5.41, 5.74) is 3.71. The molecular weight excluding hydrogens is 396 g/mol. The molecule has 0 spiro atoms. The fraction of sp³-hybridized carbons (Fsp3) is 0.391. The van der Waals surface area contributed by atoms with E-state index in [2.05, 4.69) is 35.5 Å². The number of benzene rings is 2. The second kappa shape index (κ2) is 7.55. The van der Waals surface area contributed by atoms with Crippen LogP contribution in [-0.2, 0) is 9.53 Å². The van der Waals surface area contributed by atoms with E-state index in [1.807, 2.05) is 24.3 Å². The summed E-state index contributed by atoms with van der Waals surface area (Å²) in [5.74, 6) is -0.341. The molecule has 0 saturated carbocycles. The van der Waals surface area contributed by atoms with E-state index in [1.54, 1.807) is 9.80 Å². The van der Waals surface area contributed by atoms with Crippen LogP contribution < -0.4 is 10.2 Å². The van der Waals surface area contributed by atoms with Crippen LogP contribution in [-0.4, -0.2) is 85.4 Å². The molecule has 0 bridgehead atoms. The minimum atomic E-state index is -1.38. The Morgan fingerprint density at radius 2 is 1.61 bits per heavy atom. The molecule has 0 aromatic heterocycles. The van der Waals surface area contributed by atoms with Crippen LogP contribution in [0.25, 0.3) is 11.1 Å². The van der Waals surface area contributed by atoms with E-state index in [4.69, 9.17) is 4.74 Å². The fourth-order valence-electron chi connectivity index (χ4n) is 4.29. The summed E-state index contributed by atoms with van der Waals surface area (Å²) in [4.78, 5) is 30.9. The minimum Gasteiger partial charge on any atom is -0.376 e. The topological polar surface area (TPSA) is 85.4 Å².